The van der Waals surface area contributed by atoms with E-state index < -0.39 is 11.9 Å². The maximum absolute atomic E-state index is 13.6. The number of aromatic nitrogens is 2. The fourth-order valence-electron chi connectivity index (χ4n) is 3.35. The van der Waals surface area contributed by atoms with Gasteiger partial charge in [0.25, 0.3) is 0 Å². The van der Waals surface area contributed by atoms with Crippen molar-refractivity contribution >= 4 is 6.08 Å². The van der Waals surface area contributed by atoms with Gasteiger partial charge in [-0.2, -0.15) is 18.3 Å². The van der Waals surface area contributed by atoms with Crippen LogP contribution in [0.1, 0.15) is 16.8 Å². The Morgan fingerprint density at radius 2 is 1.72 bits per heavy atom. The van der Waals surface area contributed by atoms with Crippen LogP contribution in [-0.4, -0.2) is 15.3 Å². The summed E-state index contributed by atoms with van der Waals surface area (Å²) in [5, 5.41) is 16.5. The van der Waals surface area contributed by atoms with Crippen LogP contribution in [0.2, 0.25) is 0 Å². The lowest BCUT2D eigenvalue weighted by Crippen LogP contribution is -2.07. The van der Waals surface area contributed by atoms with Crippen LogP contribution in [0.4, 0.5) is 13.2 Å². The number of nitrogens with zero attached hydrogens (tertiary/aromatic N) is 1. The van der Waals surface area contributed by atoms with Crippen LogP contribution in [0, 0.1) is 0 Å². The van der Waals surface area contributed by atoms with E-state index in [-0.39, 0.29) is 29.2 Å². The number of hydrogen-bond donors (Lipinski definition) is 2. The molecule has 0 spiro atoms. The van der Waals surface area contributed by atoms with Gasteiger partial charge in [-0.25, -0.2) is 0 Å². The number of alkyl halides is 3. The molecule has 0 atom stereocenters. The van der Waals surface area contributed by atoms with Gasteiger partial charge in [0.05, 0.1) is 0 Å². The van der Waals surface area contributed by atoms with Crippen molar-refractivity contribution in [2.24, 2.45) is 0 Å². The molecule has 0 aliphatic carbocycles. The first-order chi connectivity index (χ1) is 15.4. The fourth-order valence-corrected chi connectivity index (χ4v) is 3.35. The number of aromatic hydroxyl groups is 1. The lowest BCUT2D eigenvalue weighted by molar-refractivity contribution is -0.140. The molecule has 0 unspecified atom stereocenters. The van der Waals surface area contributed by atoms with Crippen LogP contribution in [0.15, 0.2) is 79.4 Å². The molecule has 0 radical (unpaired) electrons. The van der Waals surface area contributed by atoms with Gasteiger partial charge in [0.15, 0.2) is 0 Å². The van der Waals surface area contributed by atoms with Crippen LogP contribution in [-0.2, 0) is 12.8 Å². The van der Waals surface area contributed by atoms with Crippen molar-refractivity contribution in [2.75, 3.05) is 0 Å². The molecule has 1 aromatic heterocycles. The predicted molar refractivity (Wildman–Crippen MR) is 117 cm³/mol. The minimum atomic E-state index is -4.63. The topological polar surface area (TPSA) is 58.1 Å². The summed E-state index contributed by atoms with van der Waals surface area (Å²) < 4.78 is 46.5. The standard InChI is InChI=1S/C25H19F3N2O2/c1-2-16-8-10-17(11-9-16)15-32-19-12-13-20(21(31)14-19)23-22(18-6-4-3-5-7-18)24(30-29-23)25(26,27)28/h2-14,31H,1,15H2,(H,29,30). The van der Waals surface area contributed by atoms with E-state index >= 15 is 0 Å². The largest absolute Gasteiger partial charge is 0.507 e. The molecule has 4 nitrogen and oxygen atoms in total. The summed E-state index contributed by atoms with van der Waals surface area (Å²) in [7, 11) is 0. The number of ether oxygens (including phenoxy) is 1. The second-order valence-electron chi connectivity index (χ2n) is 7.10. The Balaban J connectivity index is 1.64. The lowest BCUT2D eigenvalue weighted by atomic mass is 9.98. The second-order valence-corrected chi connectivity index (χ2v) is 7.10. The zero-order chi connectivity index (χ0) is 22.7. The highest BCUT2D eigenvalue weighted by Gasteiger charge is 2.38. The van der Waals surface area contributed by atoms with Crippen LogP contribution in [0.25, 0.3) is 28.5 Å². The third-order valence-electron chi connectivity index (χ3n) is 4.96. The predicted octanol–water partition coefficient (Wildman–Crippen LogP) is 6.69. The molecule has 0 aliphatic rings. The Kier molecular flexibility index (Phi) is 5.73. The highest BCUT2D eigenvalue weighted by Crippen LogP contribution is 2.43. The first kappa shape index (κ1) is 21.2. The molecule has 4 aromatic rings. The summed E-state index contributed by atoms with van der Waals surface area (Å²) in [6.45, 7) is 3.98. The third kappa shape index (κ3) is 4.37. The highest BCUT2D eigenvalue weighted by molar-refractivity contribution is 5.85. The number of benzene rings is 3. The van der Waals surface area contributed by atoms with E-state index in [0.29, 0.717) is 11.3 Å². The molecule has 32 heavy (non-hydrogen) atoms. The highest BCUT2D eigenvalue weighted by atomic mass is 19.4. The fraction of sp³-hybridized carbons (Fsp3) is 0.0800. The van der Waals surface area contributed by atoms with E-state index in [1.807, 2.05) is 24.3 Å². The average Bonchev–Trinajstić information content (AvgIpc) is 3.24. The zero-order valence-electron chi connectivity index (χ0n) is 16.9. The summed E-state index contributed by atoms with van der Waals surface area (Å²) >= 11 is 0. The Labute approximate surface area is 182 Å². The van der Waals surface area contributed by atoms with Crippen molar-refractivity contribution < 1.29 is 23.0 Å². The van der Waals surface area contributed by atoms with Crippen molar-refractivity contribution in [3.63, 3.8) is 0 Å². The first-order valence-corrected chi connectivity index (χ1v) is 9.75. The molecule has 162 valence electrons. The number of hydrogen-bond acceptors (Lipinski definition) is 3. The van der Waals surface area contributed by atoms with Crippen molar-refractivity contribution in [1.82, 2.24) is 10.2 Å². The van der Waals surface area contributed by atoms with Crippen LogP contribution in [0.3, 0.4) is 0 Å². The van der Waals surface area contributed by atoms with E-state index in [1.165, 1.54) is 12.1 Å². The third-order valence-corrected chi connectivity index (χ3v) is 4.96. The van der Waals surface area contributed by atoms with E-state index in [0.717, 1.165) is 11.1 Å². The van der Waals surface area contributed by atoms with Gasteiger partial charge < -0.3 is 9.84 Å². The molecular weight excluding hydrogens is 417 g/mol. The Hall–Kier alpha value is -4.00. The summed E-state index contributed by atoms with van der Waals surface area (Å²) in [5.74, 6) is 0.147. The van der Waals surface area contributed by atoms with Crippen LogP contribution in [0.5, 0.6) is 11.5 Å². The normalized spacial score (nSPS) is 11.3. The smallest absolute Gasteiger partial charge is 0.433 e. The van der Waals surface area contributed by atoms with E-state index in [1.54, 1.807) is 42.5 Å². The minimum Gasteiger partial charge on any atom is -0.507 e. The molecule has 4 rings (SSSR count). The number of halogens is 3. The molecule has 0 amide bonds. The van der Waals surface area contributed by atoms with Gasteiger partial charge in [-0.15, -0.1) is 0 Å². The van der Waals surface area contributed by atoms with Crippen molar-refractivity contribution in [2.45, 2.75) is 12.8 Å². The number of nitrogens with one attached hydrogen (secondary N) is 1. The molecule has 3 aromatic carbocycles. The maximum Gasteiger partial charge on any atom is 0.433 e. The molecular formula is C25H19F3N2O2. The molecule has 0 bridgehead atoms. The Bertz CT molecular complexity index is 1230. The Morgan fingerprint density at radius 1 is 1.00 bits per heavy atom. The van der Waals surface area contributed by atoms with Crippen molar-refractivity contribution in [3.8, 4) is 33.9 Å². The molecule has 0 saturated heterocycles. The number of aromatic amines is 1. The first-order valence-electron chi connectivity index (χ1n) is 9.75. The lowest BCUT2D eigenvalue weighted by Gasteiger charge is -2.11. The molecule has 1 heterocycles. The summed E-state index contributed by atoms with van der Waals surface area (Å²) in [6, 6.07) is 20.2. The SMILES string of the molecule is C=Cc1ccc(COc2ccc(-c3n[nH]c(C(F)(F)F)c3-c3ccccc3)c(O)c2)cc1. The van der Waals surface area contributed by atoms with Gasteiger partial charge in [0.1, 0.15) is 29.5 Å². The summed E-state index contributed by atoms with van der Waals surface area (Å²) in [5.41, 5.74) is 1.33. The molecule has 7 heteroatoms. The van der Waals surface area contributed by atoms with E-state index in [9.17, 15) is 18.3 Å². The quantitative estimate of drug-likeness (QED) is 0.354. The Morgan fingerprint density at radius 3 is 2.34 bits per heavy atom. The average molecular weight is 436 g/mol. The number of rotatable bonds is 6. The van der Waals surface area contributed by atoms with Crippen LogP contribution >= 0.6 is 0 Å². The van der Waals surface area contributed by atoms with E-state index in [2.05, 4.69) is 16.8 Å². The van der Waals surface area contributed by atoms with Crippen LogP contribution < -0.4 is 4.74 Å². The monoisotopic (exact) mass is 436 g/mol. The van der Waals surface area contributed by atoms with Gasteiger partial charge in [-0.1, -0.05) is 67.3 Å². The minimum absolute atomic E-state index is 0.00703. The number of H-pyrrole nitrogens is 1. The van der Waals surface area contributed by atoms with E-state index in [4.69, 9.17) is 4.74 Å². The van der Waals surface area contributed by atoms with Crippen molar-refractivity contribution in [1.29, 1.82) is 0 Å². The van der Waals surface area contributed by atoms with Gasteiger partial charge in [-0.3, -0.25) is 5.10 Å². The van der Waals surface area contributed by atoms with Gasteiger partial charge in [-0.05, 0) is 28.8 Å². The van der Waals surface area contributed by atoms with Gasteiger partial charge >= 0.3 is 6.18 Å². The van der Waals surface area contributed by atoms with Gasteiger partial charge in [0, 0.05) is 17.2 Å². The molecule has 0 saturated carbocycles. The van der Waals surface area contributed by atoms with Gasteiger partial charge in [0.2, 0.25) is 0 Å². The number of phenols is 1. The summed E-state index contributed by atoms with van der Waals surface area (Å²) in [4.78, 5) is 0. The molecule has 2 N–H and O–H groups in total. The zero-order valence-corrected chi connectivity index (χ0v) is 16.9. The number of phenolic OH excluding ortho intramolecular Hbond substituents is 1. The van der Waals surface area contributed by atoms with Crippen molar-refractivity contribution in [3.05, 3.63) is 96.2 Å². The molecule has 0 aliphatic heterocycles. The molecule has 0 fully saturated rings. The summed E-state index contributed by atoms with van der Waals surface area (Å²) in [6.07, 6.45) is -2.89. The second kappa shape index (κ2) is 8.63. The maximum atomic E-state index is 13.6.